The fourth-order valence-corrected chi connectivity index (χ4v) is 0.690. The SMILES string of the molecule is C=C(CCO)C(=O)O.CCCC=C(C)C(=O)O. The molecule has 0 saturated carbocycles. The first kappa shape index (κ1) is 17.8. The number of allylic oxidation sites excluding steroid dienone is 1. The van der Waals surface area contributed by atoms with Crippen molar-refractivity contribution >= 4 is 11.9 Å². The molecule has 0 amide bonds. The Labute approximate surface area is 101 Å². The van der Waals surface area contributed by atoms with Crippen LogP contribution in [0.4, 0.5) is 0 Å². The predicted octanol–water partition coefficient (Wildman–Crippen LogP) is 1.83. The monoisotopic (exact) mass is 244 g/mol. The lowest BCUT2D eigenvalue weighted by molar-refractivity contribution is -0.133. The summed E-state index contributed by atoms with van der Waals surface area (Å²) in [5.74, 6) is -1.86. The molecular formula is C12H20O5. The maximum atomic E-state index is 10.1. The maximum Gasteiger partial charge on any atom is 0.331 e. The molecule has 3 N–H and O–H groups in total. The van der Waals surface area contributed by atoms with E-state index in [1.807, 2.05) is 6.92 Å². The van der Waals surface area contributed by atoms with Gasteiger partial charge in [-0.25, -0.2) is 9.59 Å². The van der Waals surface area contributed by atoms with E-state index in [1.54, 1.807) is 13.0 Å². The zero-order chi connectivity index (χ0) is 13.8. The molecule has 0 aromatic heterocycles. The largest absolute Gasteiger partial charge is 0.478 e. The highest BCUT2D eigenvalue weighted by atomic mass is 16.4. The van der Waals surface area contributed by atoms with Crippen molar-refractivity contribution in [2.24, 2.45) is 0 Å². The van der Waals surface area contributed by atoms with Crippen molar-refractivity contribution < 1.29 is 24.9 Å². The summed E-state index contributed by atoms with van der Waals surface area (Å²) < 4.78 is 0. The van der Waals surface area contributed by atoms with Crippen LogP contribution in [-0.4, -0.2) is 33.9 Å². The summed E-state index contributed by atoms with van der Waals surface area (Å²) in [4.78, 5) is 20.0. The van der Waals surface area contributed by atoms with E-state index in [2.05, 4.69) is 6.58 Å². The maximum absolute atomic E-state index is 10.1. The molecule has 98 valence electrons. The van der Waals surface area contributed by atoms with Crippen LogP contribution in [0, 0.1) is 0 Å². The Balaban J connectivity index is 0. The number of aliphatic hydroxyl groups is 1. The van der Waals surface area contributed by atoms with Gasteiger partial charge in [0, 0.05) is 24.2 Å². The molecule has 0 unspecified atom stereocenters. The average molecular weight is 244 g/mol. The number of unbranched alkanes of at least 4 members (excludes halogenated alkanes) is 1. The third-order valence-corrected chi connectivity index (χ3v) is 1.79. The third kappa shape index (κ3) is 12.3. The van der Waals surface area contributed by atoms with E-state index in [4.69, 9.17) is 15.3 Å². The second kappa shape index (κ2) is 10.9. The van der Waals surface area contributed by atoms with Gasteiger partial charge in [0.1, 0.15) is 0 Å². The Morgan fingerprint density at radius 1 is 1.24 bits per heavy atom. The molecule has 0 bridgehead atoms. The molecule has 0 aliphatic heterocycles. The topological polar surface area (TPSA) is 94.8 Å². The highest BCUT2D eigenvalue weighted by molar-refractivity contribution is 5.86. The van der Waals surface area contributed by atoms with Gasteiger partial charge in [-0.05, 0) is 13.3 Å². The van der Waals surface area contributed by atoms with Crippen molar-refractivity contribution in [3.63, 3.8) is 0 Å². The molecule has 0 heterocycles. The fraction of sp³-hybridized carbons (Fsp3) is 0.500. The number of hydrogen-bond donors (Lipinski definition) is 3. The number of rotatable bonds is 6. The standard InChI is InChI=1S/C7H12O2.C5H8O3/c1-3-4-5-6(2)7(8)9;1-4(2-3-6)5(7)8/h5H,3-4H2,1-2H3,(H,8,9);6H,1-3H2,(H,7,8). The van der Waals surface area contributed by atoms with E-state index in [-0.39, 0.29) is 18.6 Å². The van der Waals surface area contributed by atoms with Gasteiger partial charge in [0.15, 0.2) is 0 Å². The van der Waals surface area contributed by atoms with Crippen molar-refractivity contribution in [2.45, 2.75) is 33.1 Å². The van der Waals surface area contributed by atoms with Gasteiger partial charge in [-0.2, -0.15) is 0 Å². The smallest absolute Gasteiger partial charge is 0.331 e. The Morgan fingerprint density at radius 3 is 2.00 bits per heavy atom. The molecule has 5 nitrogen and oxygen atoms in total. The number of aliphatic carboxylic acids is 2. The van der Waals surface area contributed by atoms with Gasteiger partial charge in [-0.1, -0.05) is 26.0 Å². The lowest BCUT2D eigenvalue weighted by Crippen LogP contribution is -2.00. The van der Waals surface area contributed by atoms with Crippen molar-refractivity contribution in [1.82, 2.24) is 0 Å². The molecular weight excluding hydrogens is 224 g/mol. The second-order valence-electron chi connectivity index (χ2n) is 3.36. The van der Waals surface area contributed by atoms with E-state index >= 15 is 0 Å². The molecule has 0 aromatic rings. The number of carbonyl (C=O) groups is 2. The Bertz CT molecular complexity index is 291. The minimum atomic E-state index is -1.04. The lowest BCUT2D eigenvalue weighted by Gasteiger charge is -1.91. The zero-order valence-corrected chi connectivity index (χ0v) is 10.3. The van der Waals surface area contributed by atoms with Crippen LogP contribution in [0.15, 0.2) is 23.8 Å². The van der Waals surface area contributed by atoms with E-state index in [9.17, 15) is 9.59 Å². The Hall–Kier alpha value is -1.62. The molecule has 5 heteroatoms. The lowest BCUT2D eigenvalue weighted by atomic mass is 10.2. The number of carboxylic acids is 2. The molecule has 0 saturated heterocycles. The zero-order valence-electron chi connectivity index (χ0n) is 10.3. The minimum absolute atomic E-state index is 0.0486. The van der Waals surface area contributed by atoms with Crippen molar-refractivity contribution in [3.8, 4) is 0 Å². The summed E-state index contributed by atoms with van der Waals surface area (Å²) in [7, 11) is 0. The summed E-state index contributed by atoms with van der Waals surface area (Å²) in [5.41, 5.74) is 0.490. The van der Waals surface area contributed by atoms with Crippen molar-refractivity contribution in [2.75, 3.05) is 6.61 Å². The Morgan fingerprint density at radius 2 is 1.76 bits per heavy atom. The number of carboxylic acid groups (broad SMARTS) is 2. The van der Waals surface area contributed by atoms with E-state index < -0.39 is 11.9 Å². The molecule has 0 atom stereocenters. The molecule has 0 aliphatic rings. The van der Waals surface area contributed by atoms with Crippen LogP contribution in [0.1, 0.15) is 33.1 Å². The van der Waals surface area contributed by atoms with E-state index in [0.717, 1.165) is 12.8 Å². The minimum Gasteiger partial charge on any atom is -0.478 e. The van der Waals surface area contributed by atoms with Crippen LogP contribution in [0.5, 0.6) is 0 Å². The third-order valence-electron chi connectivity index (χ3n) is 1.79. The van der Waals surface area contributed by atoms with Crippen LogP contribution in [-0.2, 0) is 9.59 Å². The van der Waals surface area contributed by atoms with Crippen LogP contribution in [0.25, 0.3) is 0 Å². The van der Waals surface area contributed by atoms with Crippen LogP contribution in [0.2, 0.25) is 0 Å². The summed E-state index contributed by atoms with van der Waals surface area (Å²) in [6.45, 7) is 6.67. The first-order valence-corrected chi connectivity index (χ1v) is 5.28. The highest BCUT2D eigenvalue weighted by Crippen LogP contribution is 1.96. The Kier molecular flexibility index (Phi) is 11.4. The quantitative estimate of drug-likeness (QED) is 0.619. The first-order chi connectivity index (χ1) is 7.86. The van der Waals surface area contributed by atoms with Gasteiger partial charge in [-0.3, -0.25) is 0 Å². The van der Waals surface area contributed by atoms with Crippen LogP contribution in [0.3, 0.4) is 0 Å². The summed E-state index contributed by atoms with van der Waals surface area (Å²) >= 11 is 0. The van der Waals surface area contributed by atoms with Crippen molar-refractivity contribution in [1.29, 1.82) is 0 Å². The predicted molar refractivity (Wildman–Crippen MR) is 64.8 cm³/mol. The molecule has 0 aromatic carbocycles. The van der Waals surface area contributed by atoms with Crippen LogP contribution >= 0.6 is 0 Å². The van der Waals surface area contributed by atoms with Gasteiger partial charge in [0.25, 0.3) is 0 Å². The fourth-order valence-electron chi connectivity index (χ4n) is 0.690. The molecule has 0 radical (unpaired) electrons. The summed E-state index contributed by atoms with van der Waals surface area (Å²) in [5, 5.41) is 24.6. The first-order valence-electron chi connectivity index (χ1n) is 5.28. The summed E-state index contributed by atoms with van der Waals surface area (Å²) in [6, 6.07) is 0. The molecule has 0 fully saturated rings. The number of hydrogen-bond acceptors (Lipinski definition) is 3. The number of aliphatic hydroxyl groups excluding tert-OH is 1. The van der Waals surface area contributed by atoms with E-state index in [1.165, 1.54) is 0 Å². The van der Waals surface area contributed by atoms with Gasteiger partial charge in [0.2, 0.25) is 0 Å². The molecule has 0 spiro atoms. The van der Waals surface area contributed by atoms with Gasteiger partial charge >= 0.3 is 11.9 Å². The van der Waals surface area contributed by atoms with E-state index in [0.29, 0.717) is 5.57 Å². The molecule has 17 heavy (non-hydrogen) atoms. The average Bonchev–Trinajstić information content (AvgIpc) is 2.26. The van der Waals surface area contributed by atoms with Gasteiger partial charge in [0.05, 0.1) is 0 Å². The highest BCUT2D eigenvalue weighted by Gasteiger charge is 2.00. The normalized spacial score (nSPS) is 10.2. The summed E-state index contributed by atoms with van der Waals surface area (Å²) in [6.07, 6.45) is 3.75. The molecule has 0 rings (SSSR count). The second-order valence-corrected chi connectivity index (χ2v) is 3.36. The molecule has 0 aliphatic carbocycles. The van der Waals surface area contributed by atoms with Crippen molar-refractivity contribution in [3.05, 3.63) is 23.8 Å². The van der Waals surface area contributed by atoms with Gasteiger partial charge < -0.3 is 15.3 Å². The van der Waals surface area contributed by atoms with Gasteiger partial charge in [-0.15, -0.1) is 0 Å². The van der Waals surface area contributed by atoms with Crippen LogP contribution < -0.4 is 0 Å².